The zero-order valence-corrected chi connectivity index (χ0v) is 16.8. The van der Waals surface area contributed by atoms with Gasteiger partial charge in [0.2, 0.25) is 5.91 Å². The quantitative estimate of drug-likeness (QED) is 0.660. The van der Waals surface area contributed by atoms with Crippen molar-refractivity contribution >= 4 is 5.91 Å². The number of carbonyl (C=O) groups excluding carboxylic acids is 1. The fraction of sp³-hybridized carbons (Fsp3) is 0.348. The third kappa shape index (κ3) is 4.38. The van der Waals surface area contributed by atoms with E-state index in [4.69, 9.17) is 14.2 Å². The molecule has 1 aliphatic heterocycles. The van der Waals surface area contributed by atoms with Crippen molar-refractivity contribution in [1.82, 2.24) is 15.0 Å². The van der Waals surface area contributed by atoms with Crippen LogP contribution in [0.5, 0.6) is 0 Å². The van der Waals surface area contributed by atoms with Crippen molar-refractivity contribution in [2.75, 3.05) is 19.7 Å². The predicted octanol–water partition coefficient (Wildman–Crippen LogP) is 3.89. The van der Waals surface area contributed by atoms with Gasteiger partial charge in [-0.05, 0) is 38.0 Å². The van der Waals surface area contributed by atoms with Crippen molar-refractivity contribution in [3.63, 3.8) is 0 Å². The lowest BCUT2D eigenvalue weighted by atomic mass is 10.1. The molecular weight excluding hydrogens is 366 g/mol. The first kappa shape index (κ1) is 19.3. The molecule has 1 saturated heterocycles. The average Bonchev–Trinajstić information content (AvgIpc) is 3.11. The predicted molar refractivity (Wildman–Crippen MR) is 109 cm³/mol. The van der Waals surface area contributed by atoms with Crippen LogP contribution < -0.4 is 0 Å². The van der Waals surface area contributed by atoms with Gasteiger partial charge in [0.15, 0.2) is 0 Å². The van der Waals surface area contributed by atoms with Gasteiger partial charge in [0, 0.05) is 13.0 Å². The molecule has 0 radical (unpaired) electrons. The fourth-order valence-electron chi connectivity index (χ4n) is 3.73. The van der Waals surface area contributed by atoms with E-state index >= 15 is 0 Å². The largest absolute Gasteiger partial charge is 0.368 e. The number of hydrogen-bond donors (Lipinski definition) is 0. The molecule has 1 unspecified atom stereocenters. The minimum Gasteiger partial charge on any atom is -0.368 e. The summed E-state index contributed by atoms with van der Waals surface area (Å²) >= 11 is 0. The van der Waals surface area contributed by atoms with Gasteiger partial charge < -0.3 is 14.2 Å². The number of ether oxygens (including phenoxy) is 1. The lowest BCUT2D eigenvalue weighted by Crippen LogP contribution is -2.42. The molecule has 1 amide bonds. The van der Waals surface area contributed by atoms with Crippen molar-refractivity contribution < 1.29 is 14.1 Å². The molecule has 6 nitrogen and oxygen atoms in total. The summed E-state index contributed by atoms with van der Waals surface area (Å²) in [6.45, 7) is 5.44. The SMILES string of the molecule is Cc1noc(C)c1-c1cccc(C2CN(C(=O)CCc3ccccc3)CCO2)n1. The van der Waals surface area contributed by atoms with Crippen LogP contribution in [-0.2, 0) is 16.0 Å². The Bertz CT molecular complexity index is 965. The molecule has 4 rings (SSSR count). The number of hydrogen-bond acceptors (Lipinski definition) is 5. The van der Waals surface area contributed by atoms with Crippen LogP contribution in [0.15, 0.2) is 53.1 Å². The van der Waals surface area contributed by atoms with Crippen molar-refractivity contribution in [2.45, 2.75) is 32.8 Å². The Morgan fingerprint density at radius 3 is 2.72 bits per heavy atom. The average molecular weight is 391 g/mol. The third-order valence-corrected chi connectivity index (χ3v) is 5.28. The number of aryl methyl sites for hydroxylation is 3. The van der Waals surface area contributed by atoms with Crippen LogP contribution in [-0.4, -0.2) is 40.6 Å². The van der Waals surface area contributed by atoms with Crippen LogP contribution >= 0.6 is 0 Å². The van der Waals surface area contributed by atoms with Crippen LogP contribution in [0.1, 0.15) is 35.2 Å². The Kier molecular flexibility index (Phi) is 5.71. The molecule has 1 aromatic carbocycles. The van der Waals surface area contributed by atoms with Crippen LogP contribution in [0.2, 0.25) is 0 Å². The first-order chi connectivity index (χ1) is 14.1. The minimum atomic E-state index is -0.232. The van der Waals surface area contributed by atoms with Gasteiger partial charge in [0.1, 0.15) is 11.9 Å². The Morgan fingerprint density at radius 1 is 1.14 bits per heavy atom. The second-order valence-corrected chi connectivity index (χ2v) is 7.33. The normalized spacial score (nSPS) is 16.8. The topological polar surface area (TPSA) is 68.5 Å². The molecule has 3 heterocycles. The number of carbonyl (C=O) groups is 1. The maximum Gasteiger partial charge on any atom is 0.223 e. The molecule has 0 spiro atoms. The summed E-state index contributed by atoms with van der Waals surface area (Å²) in [6.07, 6.45) is 1.02. The number of morpholine rings is 1. The van der Waals surface area contributed by atoms with E-state index < -0.39 is 0 Å². The Hall–Kier alpha value is -2.99. The molecule has 2 aromatic heterocycles. The number of benzene rings is 1. The van der Waals surface area contributed by atoms with Crippen molar-refractivity contribution in [2.24, 2.45) is 0 Å². The molecule has 0 bridgehead atoms. The van der Waals surface area contributed by atoms with E-state index in [-0.39, 0.29) is 12.0 Å². The van der Waals surface area contributed by atoms with E-state index in [1.165, 1.54) is 5.56 Å². The standard InChI is InChI=1S/C23H25N3O3/c1-16-23(17(2)29-25-16)20-10-6-9-19(24-20)21-15-26(13-14-28-21)22(27)12-11-18-7-4-3-5-8-18/h3-10,21H,11-15H2,1-2H3. The van der Waals surface area contributed by atoms with E-state index in [1.807, 2.05) is 55.1 Å². The van der Waals surface area contributed by atoms with Crippen LogP contribution in [0, 0.1) is 13.8 Å². The molecule has 150 valence electrons. The Morgan fingerprint density at radius 2 is 1.97 bits per heavy atom. The number of nitrogens with zero attached hydrogens (tertiary/aromatic N) is 3. The summed E-state index contributed by atoms with van der Waals surface area (Å²) in [5, 5.41) is 4.02. The number of aromatic nitrogens is 2. The third-order valence-electron chi connectivity index (χ3n) is 5.28. The zero-order chi connectivity index (χ0) is 20.2. The van der Waals surface area contributed by atoms with Crippen molar-refractivity contribution in [3.8, 4) is 11.3 Å². The monoisotopic (exact) mass is 391 g/mol. The summed E-state index contributed by atoms with van der Waals surface area (Å²) in [7, 11) is 0. The molecule has 1 fully saturated rings. The highest BCUT2D eigenvalue weighted by Gasteiger charge is 2.26. The molecular formula is C23H25N3O3. The summed E-state index contributed by atoms with van der Waals surface area (Å²) in [5.74, 6) is 0.901. The lowest BCUT2D eigenvalue weighted by Gasteiger charge is -2.33. The first-order valence-electron chi connectivity index (χ1n) is 9.95. The van der Waals surface area contributed by atoms with E-state index in [0.29, 0.717) is 26.1 Å². The number of rotatable bonds is 5. The van der Waals surface area contributed by atoms with Crippen LogP contribution in [0.25, 0.3) is 11.3 Å². The summed E-state index contributed by atoms with van der Waals surface area (Å²) in [6, 6.07) is 16.0. The molecule has 0 N–H and O–H groups in total. The molecule has 6 heteroatoms. The minimum absolute atomic E-state index is 0.157. The highest BCUT2D eigenvalue weighted by molar-refractivity contribution is 5.76. The van der Waals surface area contributed by atoms with Crippen molar-refractivity contribution in [3.05, 3.63) is 71.2 Å². The van der Waals surface area contributed by atoms with E-state index in [2.05, 4.69) is 17.3 Å². The number of pyridine rings is 1. The smallest absolute Gasteiger partial charge is 0.223 e. The highest BCUT2D eigenvalue weighted by Crippen LogP contribution is 2.28. The molecule has 29 heavy (non-hydrogen) atoms. The maximum absolute atomic E-state index is 12.7. The Labute approximate surface area is 170 Å². The van der Waals surface area contributed by atoms with Gasteiger partial charge in [-0.25, -0.2) is 4.98 Å². The van der Waals surface area contributed by atoms with E-state index in [1.54, 1.807) is 0 Å². The summed E-state index contributed by atoms with van der Waals surface area (Å²) in [5.41, 5.74) is 4.55. The van der Waals surface area contributed by atoms with Gasteiger partial charge in [-0.1, -0.05) is 41.6 Å². The van der Waals surface area contributed by atoms with Gasteiger partial charge >= 0.3 is 0 Å². The van der Waals surface area contributed by atoms with Crippen LogP contribution in [0.4, 0.5) is 0 Å². The second kappa shape index (κ2) is 8.57. The van der Waals surface area contributed by atoms with Gasteiger partial charge in [0.05, 0.1) is 35.8 Å². The zero-order valence-electron chi connectivity index (χ0n) is 16.8. The number of amides is 1. The first-order valence-corrected chi connectivity index (χ1v) is 9.95. The van der Waals surface area contributed by atoms with E-state index in [9.17, 15) is 4.79 Å². The van der Waals surface area contributed by atoms with E-state index in [0.717, 1.165) is 34.8 Å². The van der Waals surface area contributed by atoms with Gasteiger partial charge in [0.25, 0.3) is 0 Å². The second-order valence-electron chi connectivity index (χ2n) is 7.33. The highest BCUT2D eigenvalue weighted by atomic mass is 16.5. The summed E-state index contributed by atoms with van der Waals surface area (Å²) < 4.78 is 11.2. The fourth-order valence-corrected chi connectivity index (χ4v) is 3.73. The molecule has 1 aliphatic rings. The molecule has 0 aliphatic carbocycles. The molecule has 3 aromatic rings. The van der Waals surface area contributed by atoms with Crippen molar-refractivity contribution in [1.29, 1.82) is 0 Å². The maximum atomic E-state index is 12.7. The van der Waals surface area contributed by atoms with Crippen LogP contribution in [0.3, 0.4) is 0 Å². The molecule has 0 saturated carbocycles. The van der Waals surface area contributed by atoms with Gasteiger partial charge in [-0.15, -0.1) is 0 Å². The van der Waals surface area contributed by atoms with Gasteiger partial charge in [-0.2, -0.15) is 0 Å². The van der Waals surface area contributed by atoms with Gasteiger partial charge in [-0.3, -0.25) is 4.79 Å². The summed E-state index contributed by atoms with van der Waals surface area (Å²) in [4.78, 5) is 19.4. The Balaban J connectivity index is 1.44. The lowest BCUT2D eigenvalue weighted by molar-refractivity contribution is -0.139. The molecule has 1 atom stereocenters.